The Bertz CT molecular complexity index is 1140. The molecule has 1 aromatic carbocycles. The van der Waals surface area contributed by atoms with E-state index in [-0.39, 0.29) is 5.78 Å². The fourth-order valence-corrected chi connectivity index (χ4v) is 3.25. The van der Waals surface area contributed by atoms with Crippen molar-refractivity contribution in [1.82, 2.24) is 19.3 Å². The largest absolute Gasteiger partial charge is 0.378 e. The lowest BCUT2D eigenvalue weighted by atomic mass is 10.0. The van der Waals surface area contributed by atoms with Gasteiger partial charge in [0.05, 0.1) is 6.20 Å². The van der Waals surface area contributed by atoms with E-state index < -0.39 is 0 Å². The highest BCUT2D eigenvalue weighted by molar-refractivity contribution is 6.11. The molecule has 0 radical (unpaired) electrons. The van der Waals surface area contributed by atoms with E-state index in [1.807, 2.05) is 86.6 Å². The Morgan fingerprint density at radius 3 is 2.37 bits per heavy atom. The SMILES string of the molecule is CN(C)c1ccc(C(=O)c2cnc3c(c2)c(-c2cnn(C)c2)cn3C)cc1. The van der Waals surface area contributed by atoms with E-state index in [1.165, 1.54) is 0 Å². The van der Waals surface area contributed by atoms with Gasteiger partial charge in [-0.15, -0.1) is 0 Å². The van der Waals surface area contributed by atoms with Crippen molar-refractivity contribution in [2.45, 2.75) is 0 Å². The highest BCUT2D eigenvalue weighted by Gasteiger charge is 2.16. The number of aromatic nitrogens is 4. The summed E-state index contributed by atoms with van der Waals surface area (Å²) in [4.78, 5) is 19.5. The van der Waals surface area contributed by atoms with Gasteiger partial charge in [-0.05, 0) is 30.3 Å². The van der Waals surface area contributed by atoms with Gasteiger partial charge in [-0.2, -0.15) is 5.10 Å². The molecule has 0 saturated carbocycles. The Hall–Kier alpha value is -3.41. The van der Waals surface area contributed by atoms with Crippen LogP contribution in [-0.4, -0.2) is 39.2 Å². The van der Waals surface area contributed by atoms with E-state index in [0.29, 0.717) is 11.1 Å². The second-order valence-corrected chi connectivity index (χ2v) is 6.92. The molecular formula is C21H21N5O. The fourth-order valence-electron chi connectivity index (χ4n) is 3.25. The van der Waals surface area contributed by atoms with Gasteiger partial charge < -0.3 is 9.47 Å². The van der Waals surface area contributed by atoms with Crippen LogP contribution in [0.15, 0.2) is 55.1 Å². The smallest absolute Gasteiger partial charge is 0.194 e. The van der Waals surface area contributed by atoms with Gasteiger partial charge in [-0.1, -0.05) is 0 Å². The third-order valence-corrected chi connectivity index (χ3v) is 4.74. The first-order valence-corrected chi connectivity index (χ1v) is 8.70. The van der Waals surface area contributed by atoms with Gasteiger partial charge in [0.25, 0.3) is 0 Å². The topological polar surface area (TPSA) is 56.0 Å². The number of benzene rings is 1. The molecule has 6 heteroatoms. The van der Waals surface area contributed by atoms with Gasteiger partial charge in [0.15, 0.2) is 5.78 Å². The van der Waals surface area contributed by atoms with Crippen LogP contribution in [0.3, 0.4) is 0 Å². The van der Waals surface area contributed by atoms with Gasteiger partial charge in [-0.25, -0.2) is 4.98 Å². The Kier molecular flexibility index (Phi) is 4.03. The second kappa shape index (κ2) is 6.39. The Morgan fingerprint density at radius 2 is 1.74 bits per heavy atom. The molecule has 0 bridgehead atoms. The molecule has 0 unspecified atom stereocenters. The highest BCUT2D eigenvalue weighted by Crippen LogP contribution is 2.30. The molecule has 6 nitrogen and oxygen atoms in total. The highest BCUT2D eigenvalue weighted by atomic mass is 16.1. The van der Waals surface area contributed by atoms with E-state index in [2.05, 4.69) is 10.1 Å². The number of aryl methyl sites for hydroxylation is 2. The molecular weight excluding hydrogens is 338 g/mol. The molecule has 0 aliphatic rings. The maximum Gasteiger partial charge on any atom is 0.194 e. The molecule has 0 fully saturated rings. The average Bonchev–Trinajstić information content (AvgIpc) is 3.24. The molecule has 0 saturated heterocycles. The first-order valence-electron chi connectivity index (χ1n) is 8.70. The molecule has 0 aliphatic heterocycles. The Morgan fingerprint density at radius 1 is 1.00 bits per heavy atom. The van der Waals surface area contributed by atoms with Crippen LogP contribution in [0.4, 0.5) is 5.69 Å². The second-order valence-electron chi connectivity index (χ2n) is 6.92. The summed E-state index contributed by atoms with van der Waals surface area (Å²) in [7, 11) is 7.80. The number of rotatable bonds is 4. The number of carbonyl (C=O) groups excluding carboxylic acids is 1. The number of pyridine rings is 1. The zero-order valence-corrected chi connectivity index (χ0v) is 15.8. The lowest BCUT2D eigenvalue weighted by Crippen LogP contribution is -2.09. The Labute approximate surface area is 157 Å². The monoisotopic (exact) mass is 359 g/mol. The standard InChI is InChI=1S/C21H21N5O/c1-24(2)17-7-5-14(6-8-17)20(27)15-9-18-19(16-11-23-26(4)12-16)13-25(3)21(18)22-10-15/h5-13H,1-4H3. The van der Waals surface area contributed by atoms with Gasteiger partial charge in [0, 0.05) is 80.1 Å². The maximum atomic E-state index is 13.0. The molecule has 3 aromatic heterocycles. The van der Waals surface area contributed by atoms with Crippen molar-refractivity contribution in [3.05, 3.63) is 66.2 Å². The molecule has 0 atom stereocenters. The van der Waals surface area contributed by atoms with Crippen molar-refractivity contribution in [3.8, 4) is 11.1 Å². The number of hydrogen-bond acceptors (Lipinski definition) is 4. The quantitative estimate of drug-likeness (QED) is 0.525. The van der Waals surface area contributed by atoms with Crippen LogP contribution >= 0.6 is 0 Å². The normalized spacial score (nSPS) is 11.1. The molecule has 0 N–H and O–H groups in total. The van der Waals surface area contributed by atoms with Crippen molar-refractivity contribution in [2.24, 2.45) is 14.1 Å². The van der Waals surface area contributed by atoms with Crippen LogP contribution in [0.25, 0.3) is 22.2 Å². The summed E-state index contributed by atoms with van der Waals surface area (Å²) in [5, 5.41) is 5.20. The van der Waals surface area contributed by atoms with Crippen molar-refractivity contribution < 1.29 is 4.79 Å². The summed E-state index contributed by atoms with van der Waals surface area (Å²) in [5.41, 5.74) is 5.16. The van der Waals surface area contributed by atoms with Crippen molar-refractivity contribution in [3.63, 3.8) is 0 Å². The predicted octanol–water partition coefficient (Wildman–Crippen LogP) is 3.27. The van der Waals surface area contributed by atoms with Crippen LogP contribution in [0.5, 0.6) is 0 Å². The number of nitrogens with zero attached hydrogens (tertiary/aromatic N) is 5. The lowest BCUT2D eigenvalue weighted by Gasteiger charge is -2.12. The van der Waals surface area contributed by atoms with Crippen LogP contribution in [-0.2, 0) is 14.1 Å². The summed E-state index contributed by atoms with van der Waals surface area (Å²) in [6.45, 7) is 0. The molecule has 3 heterocycles. The predicted molar refractivity (Wildman–Crippen MR) is 107 cm³/mol. The van der Waals surface area contributed by atoms with Crippen LogP contribution < -0.4 is 4.90 Å². The molecule has 136 valence electrons. The van der Waals surface area contributed by atoms with E-state index in [0.717, 1.165) is 27.8 Å². The minimum absolute atomic E-state index is 0.0318. The lowest BCUT2D eigenvalue weighted by molar-refractivity contribution is 0.103. The van der Waals surface area contributed by atoms with Crippen LogP contribution in [0.2, 0.25) is 0 Å². The molecule has 27 heavy (non-hydrogen) atoms. The number of hydrogen-bond donors (Lipinski definition) is 0. The van der Waals surface area contributed by atoms with Crippen molar-refractivity contribution in [1.29, 1.82) is 0 Å². The number of ketones is 1. The van der Waals surface area contributed by atoms with Gasteiger partial charge in [-0.3, -0.25) is 9.48 Å². The molecule has 0 aliphatic carbocycles. The number of carbonyl (C=O) groups is 1. The van der Waals surface area contributed by atoms with E-state index >= 15 is 0 Å². The summed E-state index contributed by atoms with van der Waals surface area (Å²) in [6.07, 6.45) is 7.46. The molecule has 4 aromatic rings. The van der Waals surface area contributed by atoms with E-state index in [1.54, 1.807) is 10.9 Å². The third-order valence-electron chi connectivity index (χ3n) is 4.74. The molecule has 0 spiro atoms. The van der Waals surface area contributed by atoms with Crippen LogP contribution in [0.1, 0.15) is 15.9 Å². The minimum atomic E-state index is -0.0318. The third kappa shape index (κ3) is 2.99. The van der Waals surface area contributed by atoms with Gasteiger partial charge in [0.2, 0.25) is 0 Å². The number of fused-ring (bicyclic) bond motifs is 1. The van der Waals surface area contributed by atoms with E-state index in [9.17, 15) is 4.79 Å². The molecule has 4 rings (SSSR count). The molecule has 0 amide bonds. The first kappa shape index (κ1) is 17.0. The summed E-state index contributed by atoms with van der Waals surface area (Å²) in [6, 6.07) is 9.53. The first-order chi connectivity index (χ1) is 12.9. The average molecular weight is 359 g/mol. The van der Waals surface area contributed by atoms with Crippen molar-refractivity contribution >= 4 is 22.5 Å². The van der Waals surface area contributed by atoms with Gasteiger partial charge >= 0.3 is 0 Å². The summed E-state index contributed by atoms with van der Waals surface area (Å²) in [5.74, 6) is -0.0318. The van der Waals surface area contributed by atoms with E-state index in [4.69, 9.17) is 0 Å². The van der Waals surface area contributed by atoms with Crippen molar-refractivity contribution in [2.75, 3.05) is 19.0 Å². The van der Waals surface area contributed by atoms with Crippen LogP contribution in [0, 0.1) is 0 Å². The summed E-state index contributed by atoms with van der Waals surface area (Å²) < 4.78 is 3.74. The number of anilines is 1. The summed E-state index contributed by atoms with van der Waals surface area (Å²) >= 11 is 0. The zero-order valence-electron chi connectivity index (χ0n) is 15.8. The zero-order chi connectivity index (χ0) is 19.1. The van der Waals surface area contributed by atoms with Gasteiger partial charge in [0.1, 0.15) is 5.65 Å². The Balaban J connectivity index is 1.77. The fraction of sp³-hybridized carbons (Fsp3) is 0.190. The minimum Gasteiger partial charge on any atom is -0.378 e. The maximum absolute atomic E-state index is 13.0.